The number of nitrogens with zero attached hydrogens (tertiary/aromatic N) is 2. The van der Waals surface area contributed by atoms with Crippen molar-refractivity contribution in [1.29, 1.82) is 0 Å². The number of hydrogen-bond donors (Lipinski definition) is 2. The summed E-state index contributed by atoms with van der Waals surface area (Å²) in [6.07, 6.45) is 1.38. The predicted molar refractivity (Wildman–Crippen MR) is 58.0 cm³/mol. The number of rotatable bonds is 6. The normalized spacial score (nSPS) is 10.3. The standard InChI is InChI=1S/C9H16N4O2/c1-15-5-4-13(3-2-10)8-6-9(14)12-7-11-8/h6-7H,2-5,10H2,1H3,(H,11,12,14). The second kappa shape index (κ2) is 6.15. The SMILES string of the molecule is COCCN(CCN)c1cc(=O)[nH]cn1. The van der Waals surface area contributed by atoms with Crippen LogP contribution in [-0.4, -0.2) is 43.3 Å². The van der Waals surface area contributed by atoms with Crippen LogP contribution >= 0.6 is 0 Å². The second-order valence-corrected chi connectivity index (χ2v) is 3.04. The molecule has 0 atom stereocenters. The number of H-pyrrole nitrogens is 1. The van der Waals surface area contributed by atoms with Gasteiger partial charge in [0.15, 0.2) is 0 Å². The van der Waals surface area contributed by atoms with E-state index in [1.54, 1.807) is 7.11 Å². The van der Waals surface area contributed by atoms with Gasteiger partial charge in [-0.25, -0.2) is 4.98 Å². The lowest BCUT2D eigenvalue weighted by Gasteiger charge is -2.21. The van der Waals surface area contributed by atoms with E-state index in [9.17, 15) is 4.79 Å². The zero-order valence-electron chi connectivity index (χ0n) is 8.77. The molecule has 0 aliphatic heterocycles. The third-order valence-electron chi connectivity index (χ3n) is 1.95. The van der Waals surface area contributed by atoms with Gasteiger partial charge in [-0.15, -0.1) is 0 Å². The third-order valence-corrected chi connectivity index (χ3v) is 1.95. The van der Waals surface area contributed by atoms with Crippen molar-refractivity contribution < 1.29 is 4.74 Å². The molecule has 15 heavy (non-hydrogen) atoms. The summed E-state index contributed by atoms with van der Waals surface area (Å²) in [6.45, 7) is 2.41. The molecule has 0 unspecified atom stereocenters. The van der Waals surface area contributed by atoms with E-state index in [0.717, 1.165) is 0 Å². The average molecular weight is 212 g/mol. The fourth-order valence-corrected chi connectivity index (χ4v) is 1.23. The van der Waals surface area contributed by atoms with E-state index in [1.807, 2.05) is 4.90 Å². The number of aromatic nitrogens is 2. The molecule has 6 nitrogen and oxygen atoms in total. The number of ether oxygens (including phenoxy) is 1. The smallest absolute Gasteiger partial charge is 0.252 e. The Morgan fingerprint density at radius 1 is 1.60 bits per heavy atom. The first-order valence-corrected chi connectivity index (χ1v) is 4.76. The summed E-state index contributed by atoms with van der Waals surface area (Å²) < 4.78 is 4.97. The van der Waals surface area contributed by atoms with Crippen LogP contribution in [-0.2, 0) is 4.74 Å². The van der Waals surface area contributed by atoms with Gasteiger partial charge in [0.1, 0.15) is 5.82 Å². The van der Waals surface area contributed by atoms with Crippen LogP contribution in [0.1, 0.15) is 0 Å². The molecule has 0 fully saturated rings. The van der Waals surface area contributed by atoms with Gasteiger partial charge < -0.3 is 20.4 Å². The summed E-state index contributed by atoms with van der Waals surface area (Å²) >= 11 is 0. The Hall–Kier alpha value is -1.40. The van der Waals surface area contributed by atoms with Crippen molar-refractivity contribution in [3.8, 4) is 0 Å². The molecule has 1 aromatic heterocycles. The van der Waals surface area contributed by atoms with Gasteiger partial charge in [-0.1, -0.05) is 0 Å². The Morgan fingerprint density at radius 3 is 3.00 bits per heavy atom. The van der Waals surface area contributed by atoms with Gasteiger partial charge in [0.25, 0.3) is 5.56 Å². The predicted octanol–water partition coefficient (Wildman–Crippen LogP) is -0.819. The van der Waals surface area contributed by atoms with Crippen molar-refractivity contribution in [2.24, 2.45) is 5.73 Å². The topological polar surface area (TPSA) is 84.2 Å². The molecule has 1 heterocycles. The Balaban J connectivity index is 2.73. The molecule has 0 radical (unpaired) electrons. The molecule has 1 rings (SSSR count). The highest BCUT2D eigenvalue weighted by Gasteiger charge is 2.06. The van der Waals surface area contributed by atoms with E-state index in [0.29, 0.717) is 32.1 Å². The molecule has 0 amide bonds. The van der Waals surface area contributed by atoms with Crippen LogP contribution in [0.5, 0.6) is 0 Å². The average Bonchev–Trinajstić information content (AvgIpc) is 2.24. The fourth-order valence-electron chi connectivity index (χ4n) is 1.23. The van der Waals surface area contributed by atoms with Crippen LogP contribution in [0.4, 0.5) is 5.82 Å². The Labute approximate surface area is 88.1 Å². The van der Waals surface area contributed by atoms with Crippen LogP contribution in [0.2, 0.25) is 0 Å². The fraction of sp³-hybridized carbons (Fsp3) is 0.556. The van der Waals surface area contributed by atoms with Crippen LogP contribution in [0.15, 0.2) is 17.2 Å². The third kappa shape index (κ3) is 3.69. The molecule has 0 aliphatic rings. The van der Waals surface area contributed by atoms with Crippen molar-refractivity contribution in [2.45, 2.75) is 0 Å². The van der Waals surface area contributed by atoms with Crippen molar-refractivity contribution in [3.05, 3.63) is 22.7 Å². The molecule has 0 spiro atoms. The van der Waals surface area contributed by atoms with Crippen molar-refractivity contribution >= 4 is 5.82 Å². The quantitative estimate of drug-likeness (QED) is 0.643. The number of anilines is 1. The number of nitrogens with one attached hydrogen (secondary N) is 1. The number of methoxy groups -OCH3 is 1. The lowest BCUT2D eigenvalue weighted by molar-refractivity contribution is 0.205. The van der Waals surface area contributed by atoms with Gasteiger partial charge in [0.2, 0.25) is 0 Å². The Bertz CT molecular complexity index is 339. The molecule has 6 heteroatoms. The molecule has 0 saturated heterocycles. The second-order valence-electron chi connectivity index (χ2n) is 3.04. The van der Waals surface area contributed by atoms with E-state index in [-0.39, 0.29) is 5.56 Å². The molecule has 1 aromatic rings. The van der Waals surface area contributed by atoms with Gasteiger partial charge in [0, 0.05) is 32.8 Å². The van der Waals surface area contributed by atoms with Crippen LogP contribution in [0.25, 0.3) is 0 Å². The van der Waals surface area contributed by atoms with Crippen LogP contribution < -0.4 is 16.2 Å². The molecule has 0 aromatic carbocycles. The lowest BCUT2D eigenvalue weighted by atomic mass is 10.4. The molecule has 0 aliphatic carbocycles. The van der Waals surface area contributed by atoms with Gasteiger partial charge in [-0.05, 0) is 0 Å². The summed E-state index contributed by atoms with van der Waals surface area (Å²) in [5, 5.41) is 0. The number of nitrogens with two attached hydrogens (primary N) is 1. The molecule has 0 saturated carbocycles. The zero-order valence-corrected chi connectivity index (χ0v) is 8.77. The van der Waals surface area contributed by atoms with Gasteiger partial charge in [0.05, 0.1) is 12.9 Å². The maximum absolute atomic E-state index is 11.1. The summed E-state index contributed by atoms with van der Waals surface area (Å²) in [6, 6.07) is 1.45. The van der Waals surface area contributed by atoms with Crippen LogP contribution in [0, 0.1) is 0 Å². The maximum atomic E-state index is 11.1. The lowest BCUT2D eigenvalue weighted by Crippen LogP contribution is -2.33. The van der Waals surface area contributed by atoms with Crippen molar-refractivity contribution in [3.63, 3.8) is 0 Å². The highest BCUT2D eigenvalue weighted by Crippen LogP contribution is 2.04. The molecular weight excluding hydrogens is 196 g/mol. The Kier molecular flexibility index (Phi) is 4.79. The van der Waals surface area contributed by atoms with Crippen LogP contribution in [0.3, 0.4) is 0 Å². The first kappa shape index (κ1) is 11.7. The summed E-state index contributed by atoms with van der Waals surface area (Å²) in [4.78, 5) is 19.5. The minimum absolute atomic E-state index is 0.167. The summed E-state index contributed by atoms with van der Waals surface area (Å²) in [5.74, 6) is 0.626. The zero-order chi connectivity index (χ0) is 11.1. The summed E-state index contributed by atoms with van der Waals surface area (Å²) in [5.41, 5.74) is 5.31. The highest BCUT2D eigenvalue weighted by atomic mass is 16.5. The van der Waals surface area contributed by atoms with Crippen molar-refractivity contribution in [1.82, 2.24) is 9.97 Å². The minimum Gasteiger partial charge on any atom is -0.383 e. The van der Waals surface area contributed by atoms with Gasteiger partial charge in [-0.2, -0.15) is 0 Å². The van der Waals surface area contributed by atoms with Gasteiger partial charge >= 0.3 is 0 Å². The van der Waals surface area contributed by atoms with Gasteiger partial charge in [-0.3, -0.25) is 4.79 Å². The van der Waals surface area contributed by atoms with E-state index in [2.05, 4.69) is 9.97 Å². The highest BCUT2D eigenvalue weighted by molar-refractivity contribution is 5.36. The largest absolute Gasteiger partial charge is 0.383 e. The number of aromatic amines is 1. The molecule has 0 bridgehead atoms. The maximum Gasteiger partial charge on any atom is 0.252 e. The molecular formula is C9H16N4O2. The first-order valence-electron chi connectivity index (χ1n) is 4.76. The Morgan fingerprint density at radius 2 is 2.40 bits per heavy atom. The monoisotopic (exact) mass is 212 g/mol. The van der Waals surface area contributed by atoms with E-state index in [4.69, 9.17) is 10.5 Å². The van der Waals surface area contributed by atoms with Crippen molar-refractivity contribution in [2.75, 3.05) is 38.3 Å². The van der Waals surface area contributed by atoms with E-state index in [1.165, 1.54) is 12.4 Å². The summed E-state index contributed by atoms with van der Waals surface area (Å²) in [7, 11) is 1.63. The molecule has 84 valence electrons. The molecule has 3 N–H and O–H groups in total. The number of hydrogen-bond acceptors (Lipinski definition) is 5. The van der Waals surface area contributed by atoms with E-state index < -0.39 is 0 Å². The minimum atomic E-state index is -0.167. The first-order chi connectivity index (χ1) is 7.27. The van der Waals surface area contributed by atoms with E-state index >= 15 is 0 Å².